The van der Waals surface area contributed by atoms with Crippen LogP contribution in [0.15, 0.2) is 35.6 Å². The fourth-order valence-electron chi connectivity index (χ4n) is 4.18. The molecule has 0 spiro atoms. The summed E-state index contributed by atoms with van der Waals surface area (Å²) in [6.45, 7) is 1.72. The van der Waals surface area contributed by atoms with Gasteiger partial charge in [0, 0.05) is 43.8 Å². The van der Waals surface area contributed by atoms with Gasteiger partial charge in [-0.15, -0.1) is 0 Å². The molecule has 4 heterocycles. The van der Waals surface area contributed by atoms with Crippen LogP contribution in [-0.4, -0.2) is 46.8 Å². The lowest BCUT2D eigenvalue weighted by Gasteiger charge is -2.34. The van der Waals surface area contributed by atoms with Gasteiger partial charge >= 0.3 is 0 Å². The maximum absolute atomic E-state index is 13.6. The van der Waals surface area contributed by atoms with Crippen molar-refractivity contribution in [2.45, 2.75) is 31.3 Å². The molecule has 0 aliphatic carbocycles. The van der Waals surface area contributed by atoms with Crippen LogP contribution in [-0.2, 0) is 9.63 Å². The molecular weight excluding hydrogens is 392 g/mol. The van der Waals surface area contributed by atoms with Gasteiger partial charge in [0.05, 0.1) is 18.3 Å². The van der Waals surface area contributed by atoms with Crippen LogP contribution in [0.3, 0.4) is 0 Å². The van der Waals surface area contributed by atoms with E-state index in [0.29, 0.717) is 44.5 Å². The standard InChI is InChI=1S/C21H21F2N5O2/c22-15-7-14(8-16(23)9-15)19-3-6-30-28(19)21(29)13-1-4-27(5-2-13)20-10-17(18-11-24-18)25-12-26-20/h7-13,18-19H,1-6H2/t18?,19-/m0/s1. The molecule has 156 valence electrons. The molecule has 0 saturated carbocycles. The van der Waals surface area contributed by atoms with E-state index in [1.54, 1.807) is 6.33 Å². The van der Waals surface area contributed by atoms with Gasteiger partial charge in [0.25, 0.3) is 0 Å². The molecule has 30 heavy (non-hydrogen) atoms. The monoisotopic (exact) mass is 413 g/mol. The molecule has 1 amide bonds. The summed E-state index contributed by atoms with van der Waals surface area (Å²) in [6, 6.07) is 4.90. The van der Waals surface area contributed by atoms with E-state index in [0.717, 1.165) is 17.6 Å². The Morgan fingerprint density at radius 1 is 1.03 bits per heavy atom. The molecule has 2 atom stereocenters. The molecule has 0 radical (unpaired) electrons. The third kappa shape index (κ3) is 3.77. The maximum atomic E-state index is 13.6. The number of aliphatic imine (C=N–C) groups is 1. The molecule has 2 saturated heterocycles. The van der Waals surface area contributed by atoms with Crippen LogP contribution in [0.5, 0.6) is 0 Å². The van der Waals surface area contributed by atoms with Crippen molar-refractivity contribution in [3.63, 3.8) is 0 Å². The molecule has 1 aromatic carbocycles. The first-order valence-electron chi connectivity index (χ1n) is 10.1. The second kappa shape index (κ2) is 7.71. The summed E-state index contributed by atoms with van der Waals surface area (Å²) >= 11 is 0. The number of benzene rings is 1. The third-order valence-electron chi connectivity index (χ3n) is 5.83. The Labute approximate surface area is 172 Å². The first-order chi connectivity index (χ1) is 14.6. The van der Waals surface area contributed by atoms with Crippen LogP contribution in [0.2, 0.25) is 0 Å². The molecule has 0 bridgehead atoms. The van der Waals surface area contributed by atoms with E-state index in [-0.39, 0.29) is 17.9 Å². The number of aromatic nitrogens is 2. The normalized spacial score (nSPS) is 23.8. The first-order valence-corrected chi connectivity index (χ1v) is 10.1. The van der Waals surface area contributed by atoms with Crippen molar-refractivity contribution in [2.24, 2.45) is 10.9 Å². The van der Waals surface area contributed by atoms with E-state index in [4.69, 9.17) is 4.84 Å². The van der Waals surface area contributed by atoms with Crippen LogP contribution < -0.4 is 4.90 Å². The molecule has 2 aromatic rings. The van der Waals surface area contributed by atoms with E-state index >= 15 is 0 Å². The number of hydroxylamine groups is 2. The van der Waals surface area contributed by atoms with E-state index in [2.05, 4.69) is 19.9 Å². The average molecular weight is 413 g/mol. The van der Waals surface area contributed by atoms with E-state index < -0.39 is 17.7 Å². The number of hydrogen-bond donors (Lipinski definition) is 0. The molecule has 7 nitrogen and oxygen atoms in total. The van der Waals surface area contributed by atoms with Gasteiger partial charge in [0.2, 0.25) is 5.91 Å². The molecule has 3 aliphatic rings. The molecule has 5 rings (SSSR count). The largest absolute Gasteiger partial charge is 0.356 e. The van der Waals surface area contributed by atoms with E-state index in [1.807, 2.05) is 12.3 Å². The number of piperidine rings is 1. The minimum absolute atomic E-state index is 0.0720. The van der Waals surface area contributed by atoms with Crippen LogP contribution >= 0.6 is 0 Å². The summed E-state index contributed by atoms with van der Waals surface area (Å²) in [4.78, 5) is 33.5. The Hall–Kier alpha value is -2.94. The van der Waals surface area contributed by atoms with Crippen molar-refractivity contribution in [2.75, 3.05) is 24.6 Å². The Bertz CT molecular complexity index is 967. The minimum atomic E-state index is -0.654. The number of carbonyl (C=O) groups excluding carboxylic acids is 1. The molecule has 9 heteroatoms. The van der Waals surface area contributed by atoms with Gasteiger partial charge in [-0.1, -0.05) is 0 Å². The van der Waals surface area contributed by atoms with Gasteiger partial charge < -0.3 is 4.90 Å². The fraction of sp³-hybridized carbons (Fsp3) is 0.429. The van der Waals surface area contributed by atoms with Crippen molar-refractivity contribution in [3.8, 4) is 0 Å². The lowest BCUT2D eigenvalue weighted by molar-refractivity contribution is -0.182. The number of amides is 1. The van der Waals surface area contributed by atoms with Gasteiger partial charge in [-0.2, -0.15) is 0 Å². The van der Waals surface area contributed by atoms with Gasteiger partial charge in [0.1, 0.15) is 29.8 Å². The lowest BCUT2D eigenvalue weighted by atomic mass is 9.94. The molecule has 1 unspecified atom stereocenters. The molecule has 0 N–H and O–H groups in total. The highest BCUT2D eigenvalue weighted by molar-refractivity contribution is 5.80. The van der Waals surface area contributed by atoms with E-state index in [9.17, 15) is 13.6 Å². The number of rotatable bonds is 4. The predicted octanol–water partition coefficient (Wildman–Crippen LogP) is 3.00. The smallest absolute Gasteiger partial charge is 0.249 e. The summed E-state index contributed by atoms with van der Waals surface area (Å²) in [5.74, 6) is -0.798. The summed E-state index contributed by atoms with van der Waals surface area (Å²) < 4.78 is 27.3. The zero-order valence-corrected chi connectivity index (χ0v) is 16.2. The molecular formula is C21H21F2N5O2. The van der Waals surface area contributed by atoms with Crippen LogP contribution in [0.4, 0.5) is 14.6 Å². The number of hydrogen-bond acceptors (Lipinski definition) is 6. The van der Waals surface area contributed by atoms with Crippen molar-refractivity contribution in [1.29, 1.82) is 0 Å². The van der Waals surface area contributed by atoms with Gasteiger partial charge in [-0.05, 0) is 30.5 Å². The van der Waals surface area contributed by atoms with Crippen molar-refractivity contribution >= 4 is 17.9 Å². The number of halogens is 2. The second-order valence-corrected chi connectivity index (χ2v) is 7.81. The molecule has 3 aliphatic heterocycles. The summed E-state index contributed by atoms with van der Waals surface area (Å²) in [6.07, 6.45) is 5.21. The Morgan fingerprint density at radius 2 is 1.77 bits per heavy atom. The van der Waals surface area contributed by atoms with Crippen LogP contribution in [0.1, 0.15) is 42.6 Å². The average Bonchev–Trinajstić information content (AvgIpc) is 3.49. The highest BCUT2D eigenvalue weighted by Crippen LogP contribution is 2.34. The number of carbonyl (C=O) groups is 1. The summed E-state index contributed by atoms with van der Waals surface area (Å²) in [5, 5.41) is 1.32. The van der Waals surface area contributed by atoms with Crippen LogP contribution in [0, 0.1) is 17.6 Å². The van der Waals surface area contributed by atoms with Crippen LogP contribution in [0.25, 0.3) is 0 Å². The first kappa shape index (κ1) is 19.0. The predicted molar refractivity (Wildman–Crippen MR) is 105 cm³/mol. The summed E-state index contributed by atoms with van der Waals surface area (Å²) in [5.41, 5.74) is 1.31. The Morgan fingerprint density at radius 3 is 2.47 bits per heavy atom. The zero-order chi connectivity index (χ0) is 20.7. The third-order valence-corrected chi connectivity index (χ3v) is 5.83. The topological polar surface area (TPSA) is 70.9 Å². The van der Waals surface area contributed by atoms with Gasteiger partial charge in [-0.3, -0.25) is 14.6 Å². The zero-order valence-electron chi connectivity index (χ0n) is 16.2. The summed E-state index contributed by atoms with van der Waals surface area (Å²) in [7, 11) is 0. The number of nitrogens with zero attached hydrogens (tertiary/aromatic N) is 5. The van der Waals surface area contributed by atoms with Crippen molar-refractivity contribution < 1.29 is 18.4 Å². The SMILES string of the molecule is O=C(C1CCN(c2cc(C3C=N3)ncn2)CC1)N1OCC[C@H]1c1cc(F)cc(F)c1. The highest BCUT2D eigenvalue weighted by atomic mass is 19.1. The van der Waals surface area contributed by atoms with Crippen molar-refractivity contribution in [3.05, 3.63) is 53.5 Å². The Balaban J connectivity index is 1.24. The maximum Gasteiger partial charge on any atom is 0.249 e. The van der Waals surface area contributed by atoms with E-state index in [1.165, 1.54) is 17.2 Å². The quantitative estimate of drug-likeness (QED) is 0.771. The Kier molecular flexibility index (Phi) is 4.90. The van der Waals surface area contributed by atoms with Gasteiger partial charge in [0.15, 0.2) is 0 Å². The molecule has 1 aromatic heterocycles. The highest BCUT2D eigenvalue weighted by Gasteiger charge is 2.37. The lowest BCUT2D eigenvalue weighted by Crippen LogP contribution is -2.42. The minimum Gasteiger partial charge on any atom is -0.356 e. The fourth-order valence-corrected chi connectivity index (χ4v) is 4.18. The van der Waals surface area contributed by atoms with Gasteiger partial charge in [-0.25, -0.2) is 23.8 Å². The van der Waals surface area contributed by atoms with Crippen molar-refractivity contribution in [1.82, 2.24) is 15.0 Å². The second-order valence-electron chi connectivity index (χ2n) is 7.81. The molecule has 2 fully saturated rings. The number of anilines is 1.